The third kappa shape index (κ3) is 3.43. The molecule has 0 atom stereocenters. The van der Waals surface area contributed by atoms with Crippen LogP contribution in [0.1, 0.15) is 25.7 Å². The fourth-order valence-electron chi connectivity index (χ4n) is 1.27. The van der Waals surface area contributed by atoms with Gasteiger partial charge in [0, 0.05) is 5.92 Å². The Balaban J connectivity index is 2.17. The van der Waals surface area contributed by atoms with E-state index in [2.05, 4.69) is 19.9 Å². The molecule has 5 nitrogen and oxygen atoms in total. The lowest BCUT2D eigenvalue weighted by atomic mass is 10.2. The topological polar surface area (TPSA) is 61.0 Å². The van der Waals surface area contributed by atoms with Crippen LogP contribution in [0.15, 0.2) is 22.7 Å². The molecule has 0 saturated heterocycles. The Kier molecular flexibility index (Phi) is 3.41. The summed E-state index contributed by atoms with van der Waals surface area (Å²) in [5.74, 6) is 0.253. The van der Waals surface area contributed by atoms with E-state index >= 15 is 0 Å². The largest absolute Gasteiger partial charge is 0.573 e. The van der Waals surface area contributed by atoms with Crippen molar-refractivity contribution in [1.82, 2.24) is 15.2 Å². The molecule has 102 valence electrons. The number of hydrogen-bond donors (Lipinski definition) is 0. The standard InChI is InChI=1S/C11H10F3N3O2/c1-6(2)9-16-17-10(18-9)8-4-3-7(5-15-8)19-11(12,13)14/h3-6H,1-2H3. The van der Waals surface area contributed by atoms with Crippen molar-refractivity contribution in [3.05, 3.63) is 24.2 Å². The van der Waals surface area contributed by atoms with E-state index in [0.717, 1.165) is 12.3 Å². The maximum atomic E-state index is 12.0. The monoisotopic (exact) mass is 273 g/mol. The molecule has 8 heteroatoms. The molecule has 19 heavy (non-hydrogen) atoms. The summed E-state index contributed by atoms with van der Waals surface area (Å²) in [5, 5.41) is 7.58. The van der Waals surface area contributed by atoms with Crippen LogP contribution in [0.5, 0.6) is 5.75 Å². The van der Waals surface area contributed by atoms with E-state index in [-0.39, 0.29) is 17.5 Å². The van der Waals surface area contributed by atoms with E-state index in [0.29, 0.717) is 5.89 Å². The van der Waals surface area contributed by atoms with Crippen molar-refractivity contribution in [2.75, 3.05) is 0 Å². The average molecular weight is 273 g/mol. The van der Waals surface area contributed by atoms with Crippen LogP contribution in [0.4, 0.5) is 13.2 Å². The van der Waals surface area contributed by atoms with Crippen molar-refractivity contribution in [1.29, 1.82) is 0 Å². The zero-order valence-electron chi connectivity index (χ0n) is 10.1. The molecule has 0 radical (unpaired) electrons. The molecule has 0 amide bonds. The first-order chi connectivity index (χ1) is 8.85. The summed E-state index contributed by atoms with van der Waals surface area (Å²) < 4.78 is 44.9. The highest BCUT2D eigenvalue weighted by Crippen LogP contribution is 2.24. The highest BCUT2D eigenvalue weighted by molar-refractivity contribution is 5.47. The lowest BCUT2D eigenvalue weighted by Gasteiger charge is -2.07. The maximum Gasteiger partial charge on any atom is 0.573 e. The molecular weight excluding hydrogens is 263 g/mol. The Morgan fingerprint density at radius 3 is 2.42 bits per heavy atom. The quantitative estimate of drug-likeness (QED) is 0.859. The Hall–Kier alpha value is -2.12. The molecule has 0 bridgehead atoms. The second-order valence-electron chi connectivity index (χ2n) is 4.03. The molecule has 2 aromatic rings. The van der Waals surface area contributed by atoms with Crippen LogP contribution in [0.3, 0.4) is 0 Å². The summed E-state index contributed by atoms with van der Waals surface area (Å²) in [6, 6.07) is 2.45. The highest BCUT2D eigenvalue weighted by atomic mass is 19.4. The maximum absolute atomic E-state index is 12.0. The second-order valence-corrected chi connectivity index (χ2v) is 4.03. The van der Waals surface area contributed by atoms with E-state index in [1.54, 1.807) is 0 Å². The Bertz CT molecular complexity index is 549. The van der Waals surface area contributed by atoms with Gasteiger partial charge in [-0.3, -0.25) is 0 Å². The summed E-state index contributed by atoms with van der Waals surface area (Å²) >= 11 is 0. The van der Waals surface area contributed by atoms with Gasteiger partial charge in [-0.25, -0.2) is 4.98 Å². The van der Waals surface area contributed by atoms with E-state index in [1.807, 2.05) is 13.8 Å². The zero-order valence-corrected chi connectivity index (χ0v) is 10.1. The summed E-state index contributed by atoms with van der Waals surface area (Å²) in [7, 11) is 0. The molecule has 2 heterocycles. The molecule has 0 spiro atoms. The van der Waals surface area contributed by atoms with E-state index in [1.165, 1.54) is 6.07 Å². The van der Waals surface area contributed by atoms with Crippen LogP contribution in [-0.2, 0) is 0 Å². The van der Waals surface area contributed by atoms with Gasteiger partial charge >= 0.3 is 6.36 Å². The minimum Gasteiger partial charge on any atom is -0.419 e. The predicted octanol–water partition coefficient (Wildman–Crippen LogP) is 3.15. The van der Waals surface area contributed by atoms with Crippen LogP contribution in [0.25, 0.3) is 11.6 Å². The molecule has 2 aromatic heterocycles. The van der Waals surface area contributed by atoms with Crippen LogP contribution in [0, 0.1) is 0 Å². The van der Waals surface area contributed by atoms with Crippen LogP contribution < -0.4 is 4.74 Å². The number of hydrogen-bond acceptors (Lipinski definition) is 5. The number of rotatable bonds is 3. The van der Waals surface area contributed by atoms with E-state index in [9.17, 15) is 13.2 Å². The molecule has 0 N–H and O–H groups in total. The second kappa shape index (κ2) is 4.87. The molecule has 0 aliphatic rings. The van der Waals surface area contributed by atoms with E-state index in [4.69, 9.17) is 4.42 Å². The number of nitrogens with zero attached hydrogens (tertiary/aromatic N) is 3. The fourth-order valence-corrected chi connectivity index (χ4v) is 1.27. The van der Waals surface area contributed by atoms with Crippen LogP contribution >= 0.6 is 0 Å². The van der Waals surface area contributed by atoms with Crippen molar-refractivity contribution < 1.29 is 22.3 Å². The first kappa shape index (κ1) is 13.3. The third-order valence-corrected chi connectivity index (χ3v) is 2.12. The normalized spacial score (nSPS) is 11.9. The molecule has 0 aliphatic carbocycles. The van der Waals surface area contributed by atoms with Gasteiger partial charge in [-0.2, -0.15) is 0 Å². The highest BCUT2D eigenvalue weighted by Gasteiger charge is 2.31. The minimum absolute atomic E-state index is 0.0640. The van der Waals surface area contributed by atoms with Gasteiger partial charge in [-0.05, 0) is 12.1 Å². The summed E-state index contributed by atoms with van der Waals surface area (Å²) in [6.07, 6.45) is -3.79. The molecule has 0 saturated carbocycles. The molecule has 0 unspecified atom stereocenters. The van der Waals surface area contributed by atoms with Crippen molar-refractivity contribution in [3.8, 4) is 17.3 Å². The smallest absolute Gasteiger partial charge is 0.419 e. The Labute approximate surface area is 106 Å². The lowest BCUT2D eigenvalue weighted by molar-refractivity contribution is -0.274. The zero-order chi connectivity index (χ0) is 14.0. The van der Waals surface area contributed by atoms with Crippen molar-refractivity contribution in [2.45, 2.75) is 26.1 Å². The Morgan fingerprint density at radius 2 is 1.95 bits per heavy atom. The molecule has 0 aromatic carbocycles. The van der Waals surface area contributed by atoms with Crippen molar-refractivity contribution in [2.24, 2.45) is 0 Å². The minimum atomic E-state index is -4.74. The first-order valence-electron chi connectivity index (χ1n) is 5.41. The number of halogens is 3. The molecule has 2 rings (SSSR count). The van der Waals surface area contributed by atoms with Crippen LogP contribution in [-0.4, -0.2) is 21.5 Å². The van der Waals surface area contributed by atoms with Crippen molar-refractivity contribution in [3.63, 3.8) is 0 Å². The van der Waals surface area contributed by atoms with Gasteiger partial charge in [0.05, 0.1) is 6.20 Å². The van der Waals surface area contributed by atoms with Gasteiger partial charge in [0.15, 0.2) is 0 Å². The summed E-state index contributed by atoms with van der Waals surface area (Å²) in [5.41, 5.74) is 0.286. The third-order valence-electron chi connectivity index (χ3n) is 2.12. The predicted molar refractivity (Wildman–Crippen MR) is 58.3 cm³/mol. The van der Waals surface area contributed by atoms with Crippen LogP contribution in [0.2, 0.25) is 0 Å². The van der Waals surface area contributed by atoms with Gasteiger partial charge < -0.3 is 9.15 Å². The lowest BCUT2D eigenvalue weighted by Crippen LogP contribution is -2.17. The number of pyridine rings is 1. The number of aromatic nitrogens is 3. The number of alkyl halides is 3. The van der Waals surface area contributed by atoms with E-state index < -0.39 is 12.1 Å². The SMILES string of the molecule is CC(C)c1nnc(-c2ccc(OC(F)(F)F)cn2)o1. The summed E-state index contributed by atoms with van der Waals surface area (Å²) in [6.45, 7) is 3.76. The number of ether oxygens (including phenoxy) is 1. The van der Waals surface area contributed by atoms with Gasteiger partial charge in [-0.1, -0.05) is 13.8 Å². The fraction of sp³-hybridized carbons (Fsp3) is 0.364. The van der Waals surface area contributed by atoms with Gasteiger partial charge in [0.1, 0.15) is 11.4 Å². The molecular formula is C11H10F3N3O2. The van der Waals surface area contributed by atoms with Crippen molar-refractivity contribution >= 4 is 0 Å². The average Bonchev–Trinajstić information content (AvgIpc) is 2.77. The van der Waals surface area contributed by atoms with Gasteiger partial charge in [-0.15, -0.1) is 23.4 Å². The molecule has 0 aliphatic heterocycles. The van der Waals surface area contributed by atoms with Gasteiger partial charge in [0.25, 0.3) is 5.89 Å². The van der Waals surface area contributed by atoms with Gasteiger partial charge in [0.2, 0.25) is 5.89 Å². The molecule has 0 fully saturated rings. The summed E-state index contributed by atoms with van der Waals surface area (Å²) in [4.78, 5) is 3.78. The Morgan fingerprint density at radius 1 is 1.21 bits per heavy atom. The first-order valence-corrected chi connectivity index (χ1v) is 5.41.